The first-order valence-electron chi connectivity index (χ1n) is 8.33. The lowest BCUT2D eigenvalue weighted by molar-refractivity contribution is 0.324. The zero-order valence-corrected chi connectivity index (χ0v) is 15.5. The third-order valence-corrected chi connectivity index (χ3v) is 4.21. The molecule has 0 bridgehead atoms. The van der Waals surface area contributed by atoms with Gasteiger partial charge in [-0.2, -0.15) is 4.98 Å². The van der Waals surface area contributed by atoms with Crippen LogP contribution in [0.2, 0.25) is 0 Å². The molecule has 140 valence electrons. The Morgan fingerprint density at radius 3 is 2.04 bits per heavy atom. The van der Waals surface area contributed by atoms with Crippen LogP contribution in [0.4, 0.5) is 11.8 Å². The molecule has 1 heterocycles. The fourth-order valence-electron chi connectivity index (χ4n) is 2.97. The first-order valence-corrected chi connectivity index (χ1v) is 8.33. The highest BCUT2D eigenvalue weighted by atomic mass is 16.5. The normalized spacial score (nSPS) is 10.5. The largest absolute Gasteiger partial charge is 0.493 e. The Balaban J connectivity index is 2.11. The van der Waals surface area contributed by atoms with E-state index in [9.17, 15) is 0 Å². The summed E-state index contributed by atoms with van der Waals surface area (Å²) in [6, 6.07) is 13.5. The molecular weight excluding hydrogens is 344 g/mol. The lowest BCUT2D eigenvalue weighted by Crippen LogP contribution is -2.08. The molecule has 0 fully saturated rings. The summed E-state index contributed by atoms with van der Waals surface area (Å²) < 4.78 is 16.2. The number of methoxy groups -OCH3 is 3. The van der Waals surface area contributed by atoms with Crippen LogP contribution in [0.25, 0.3) is 11.3 Å². The highest BCUT2D eigenvalue weighted by Crippen LogP contribution is 2.39. The fourth-order valence-corrected chi connectivity index (χ4v) is 2.97. The van der Waals surface area contributed by atoms with Crippen LogP contribution in [0.1, 0.15) is 11.1 Å². The summed E-state index contributed by atoms with van der Waals surface area (Å²) in [6.45, 7) is 0. The molecule has 0 radical (unpaired) electrons. The van der Waals surface area contributed by atoms with Crippen molar-refractivity contribution in [2.24, 2.45) is 0 Å². The van der Waals surface area contributed by atoms with E-state index in [2.05, 4.69) is 9.97 Å². The third kappa shape index (κ3) is 3.72. The summed E-state index contributed by atoms with van der Waals surface area (Å²) in [6.07, 6.45) is 0.479. The number of aromatic nitrogens is 2. The zero-order chi connectivity index (χ0) is 19.4. The van der Waals surface area contributed by atoms with Gasteiger partial charge in [0.1, 0.15) is 5.82 Å². The molecule has 0 amide bonds. The van der Waals surface area contributed by atoms with Gasteiger partial charge in [0, 0.05) is 17.5 Å². The number of nitrogens with two attached hydrogens (primary N) is 2. The molecule has 2 aromatic carbocycles. The molecule has 0 aliphatic carbocycles. The molecule has 0 spiro atoms. The van der Waals surface area contributed by atoms with E-state index in [1.54, 1.807) is 21.3 Å². The molecule has 3 rings (SSSR count). The topological polar surface area (TPSA) is 106 Å². The Hall–Kier alpha value is -3.48. The minimum atomic E-state index is 0.139. The van der Waals surface area contributed by atoms with E-state index in [-0.39, 0.29) is 5.95 Å². The quantitative estimate of drug-likeness (QED) is 0.691. The molecule has 1 aromatic heterocycles. The molecule has 0 atom stereocenters. The average molecular weight is 366 g/mol. The minimum absolute atomic E-state index is 0.139. The summed E-state index contributed by atoms with van der Waals surface area (Å²) >= 11 is 0. The zero-order valence-electron chi connectivity index (χ0n) is 15.5. The first-order chi connectivity index (χ1) is 13.1. The summed E-state index contributed by atoms with van der Waals surface area (Å²) in [5.41, 5.74) is 15.3. The number of rotatable bonds is 6. The maximum absolute atomic E-state index is 6.19. The Kier molecular flexibility index (Phi) is 5.30. The van der Waals surface area contributed by atoms with Gasteiger partial charge in [-0.15, -0.1) is 0 Å². The number of ether oxygens (including phenoxy) is 3. The maximum atomic E-state index is 6.19. The number of benzene rings is 2. The number of anilines is 2. The maximum Gasteiger partial charge on any atom is 0.222 e. The van der Waals surface area contributed by atoms with E-state index in [1.807, 2.05) is 42.5 Å². The number of hydrogen-bond donors (Lipinski definition) is 2. The number of nitrogen functional groups attached to an aromatic ring is 2. The lowest BCUT2D eigenvalue weighted by Gasteiger charge is -2.16. The van der Waals surface area contributed by atoms with Gasteiger partial charge in [0.2, 0.25) is 11.7 Å². The van der Waals surface area contributed by atoms with Crippen molar-refractivity contribution in [1.82, 2.24) is 9.97 Å². The summed E-state index contributed by atoms with van der Waals surface area (Å²) in [5.74, 6) is 2.16. The molecule has 0 unspecified atom stereocenters. The average Bonchev–Trinajstić information content (AvgIpc) is 2.69. The number of hydrogen-bond acceptors (Lipinski definition) is 7. The monoisotopic (exact) mass is 366 g/mol. The standard InChI is InChI=1S/C20H22N4O3/c1-25-15-10-12(11-16(26-2)18(15)27-3)9-14-17(13-7-5-4-6-8-13)23-20(22)24-19(14)21/h4-8,10-11H,9H2,1-3H3,(H4,21,22,23,24). The van der Waals surface area contributed by atoms with Crippen LogP contribution in [-0.4, -0.2) is 31.3 Å². The summed E-state index contributed by atoms with van der Waals surface area (Å²) in [7, 11) is 4.73. The van der Waals surface area contributed by atoms with Crippen LogP contribution < -0.4 is 25.7 Å². The van der Waals surface area contributed by atoms with Gasteiger partial charge in [-0.05, 0) is 17.7 Å². The van der Waals surface area contributed by atoms with Gasteiger partial charge >= 0.3 is 0 Å². The smallest absolute Gasteiger partial charge is 0.222 e. The van der Waals surface area contributed by atoms with Gasteiger partial charge in [0.25, 0.3) is 0 Å². The van der Waals surface area contributed by atoms with Crippen LogP contribution in [0.3, 0.4) is 0 Å². The van der Waals surface area contributed by atoms with Crippen molar-refractivity contribution in [3.63, 3.8) is 0 Å². The van der Waals surface area contributed by atoms with Crippen LogP contribution in [0.15, 0.2) is 42.5 Å². The molecule has 4 N–H and O–H groups in total. The van der Waals surface area contributed by atoms with Crippen molar-refractivity contribution in [1.29, 1.82) is 0 Å². The Bertz CT molecular complexity index is 920. The molecule has 7 heteroatoms. The molecule has 3 aromatic rings. The molecule has 0 aliphatic heterocycles. The van der Waals surface area contributed by atoms with E-state index in [4.69, 9.17) is 25.7 Å². The van der Waals surface area contributed by atoms with Gasteiger partial charge in [-0.1, -0.05) is 30.3 Å². The van der Waals surface area contributed by atoms with E-state index in [0.29, 0.717) is 35.2 Å². The molecule has 0 saturated heterocycles. The van der Waals surface area contributed by atoms with Crippen LogP contribution in [0.5, 0.6) is 17.2 Å². The van der Waals surface area contributed by atoms with E-state index >= 15 is 0 Å². The predicted molar refractivity (Wildman–Crippen MR) is 105 cm³/mol. The predicted octanol–water partition coefficient (Wildman–Crippen LogP) is 2.92. The van der Waals surface area contributed by atoms with Crippen molar-refractivity contribution < 1.29 is 14.2 Å². The summed E-state index contributed by atoms with van der Waals surface area (Å²) in [4.78, 5) is 8.55. The van der Waals surface area contributed by atoms with Crippen LogP contribution in [-0.2, 0) is 6.42 Å². The van der Waals surface area contributed by atoms with Gasteiger partial charge in [-0.3, -0.25) is 0 Å². The van der Waals surface area contributed by atoms with Crippen LogP contribution >= 0.6 is 0 Å². The Morgan fingerprint density at radius 1 is 0.852 bits per heavy atom. The molecule has 7 nitrogen and oxygen atoms in total. The number of nitrogens with zero attached hydrogens (tertiary/aromatic N) is 2. The Morgan fingerprint density at radius 2 is 1.48 bits per heavy atom. The first kappa shape index (κ1) is 18.3. The van der Waals surface area contributed by atoms with Gasteiger partial charge in [0.15, 0.2) is 11.5 Å². The van der Waals surface area contributed by atoms with Crippen molar-refractivity contribution >= 4 is 11.8 Å². The lowest BCUT2D eigenvalue weighted by atomic mass is 9.99. The second kappa shape index (κ2) is 7.82. The van der Waals surface area contributed by atoms with Crippen molar-refractivity contribution in [3.05, 3.63) is 53.6 Å². The van der Waals surface area contributed by atoms with Crippen molar-refractivity contribution in [2.75, 3.05) is 32.8 Å². The second-order valence-electron chi connectivity index (χ2n) is 5.87. The molecule has 0 aliphatic rings. The van der Waals surface area contributed by atoms with Crippen molar-refractivity contribution in [3.8, 4) is 28.5 Å². The third-order valence-electron chi connectivity index (χ3n) is 4.21. The van der Waals surface area contributed by atoms with Gasteiger partial charge in [-0.25, -0.2) is 4.98 Å². The van der Waals surface area contributed by atoms with E-state index in [1.165, 1.54) is 0 Å². The molecular formula is C20H22N4O3. The van der Waals surface area contributed by atoms with Gasteiger partial charge < -0.3 is 25.7 Å². The molecule has 0 saturated carbocycles. The second-order valence-corrected chi connectivity index (χ2v) is 5.87. The molecule has 27 heavy (non-hydrogen) atoms. The van der Waals surface area contributed by atoms with E-state index in [0.717, 1.165) is 16.7 Å². The fraction of sp³-hybridized carbons (Fsp3) is 0.200. The van der Waals surface area contributed by atoms with E-state index < -0.39 is 0 Å². The Labute approximate surface area is 157 Å². The summed E-state index contributed by atoms with van der Waals surface area (Å²) in [5, 5.41) is 0. The van der Waals surface area contributed by atoms with Crippen molar-refractivity contribution in [2.45, 2.75) is 6.42 Å². The van der Waals surface area contributed by atoms with Gasteiger partial charge in [0.05, 0.1) is 27.0 Å². The SMILES string of the molecule is COc1cc(Cc2c(N)nc(N)nc2-c2ccccc2)cc(OC)c1OC. The highest BCUT2D eigenvalue weighted by molar-refractivity contribution is 5.70. The highest BCUT2D eigenvalue weighted by Gasteiger charge is 2.18. The minimum Gasteiger partial charge on any atom is -0.493 e. The van der Waals surface area contributed by atoms with Crippen LogP contribution in [0, 0.1) is 0 Å².